The molecule has 6 rings (SSSR count). The molecular formula is C41H32N2. The Hall–Kier alpha value is -5.60. The first kappa shape index (κ1) is 27.6. The normalized spacial score (nSPS) is 11.3. The maximum atomic E-state index is 5.02. The van der Waals surface area contributed by atoms with Crippen LogP contribution < -0.4 is 0 Å². The van der Waals surface area contributed by atoms with Gasteiger partial charge in [-0.2, -0.15) is 0 Å². The van der Waals surface area contributed by atoms with Crippen LogP contribution in [-0.2, 0) is 0 Å². The number of rotatable bonds is 8. The summed E-state index contributed by atoms with van der Waals surface area (Å²) < 4.78 is 0. The van der Waals surface area contributed by atoms with Gasteiger partial charge in [0.05, 0.1) is 17.1 Å². The SMILES string of the molecule is C=C(/C=C\C=C/C)c1cc(-c2ccccc2-c2cccc(-c3cccc(-c4ccccn4)c3)c2)cc(-c2ccccc2)n1. The third-order valence-corrected chi connectivity index (χ3v) is 7.39. The highest BCUT2D eigenvalue weighted by molar-refractivity contribution is 5.88. The molecular weight excluding hydrogens is 520 g/mol. The Kier molecular flexibility index (Phi) is 8.29. The Balaban J connectivity index is 1.44. The Morgan fingerprint density at radius 1 is 0.535 bits per heavy atom. The van der Waals surface area contributed by atoms with Gasteiger partial charge in [0, 0.05) is 17.3 Å². The van der Waals surface area contributed by atoms with E-state index in [1.165, 1.54) is 0 Å². The van der Waals surface area contributed by atoms with Crippen LogP contribution in [0.4, 0.5) is 0 Å². The average molecular weight is 553 g/mol. The zero-order valence-electron chi connectivity index (χ0n) is 24.2. The van der Waals surface area contributed by atoms with Crippen molar-refractivity contribution in [1.29, 1.82) is 0 Å². The molecule has 0 amide bonds. The van der Waals surface area contributed by atoms with Crippen molar-refractivity contribution in [3.05, 3.63) is 176 Å². The number of pyridine rings is 2. The van der Waals surface area contributed by atoms with Gasteiger partial charge in [-0.05, 0) is 82.3 Å². The molecule has 0 aliphatic heterocycles. The molecule has 0 N–H and O–H groups in total. The molecule has 206 valence electrons. The Bertz CT molecular complexity index is 1930. The Morgan fingerprint density at radius 3 is 1.88 bits per heavy atom. The average Bonchev–Trinajstić information content (AvgIpc) is 3.09. The molecule has 2 aromatic heterocycles. The first-order valence-electron chi connectivity index (χ1n) is 14.5. The quantitative estimate of drug-likeness (QED) is 0.176. The monoisotopic (exact) mass is 552 g/mol. The van der Waals surface area contributed by atoms with E-state index in [0.29, 0.717) is 0 Å². The maximum Gasteiger partial charge on any atom is 0.0715 e. The van der Waals surface area contributed by atoms with Crippen LogP contribution in [0.5, 0.6) is 0 Å². The zero-order valence-corrected chi connectivity index (χ0v) is 24.2. The lowest BCUT2D eigenvalue weighted by Gasteiger charge is -2.15. The molecule has 0 unspecified atom stereocenters. The molecule has 0 spiro atoms. The lowest BCUT2D eigenvalue weighted by Crippen LogP contribution is -1.94. The largest absolute Gasteiger partial charge is 0.256 e. The molecule has 0 saturated carbocycles. The lowest BCUT2D eigenvalue weighted by molar-refractivity contribution is 1.28. The van der Waals surface area contributed by atoms with E-state index in [9.17, 15) is 0 Å². The van der Waals surface area contributed by atoms with Crippen LogP contribution in [0.25, 0.3) is 61.5 Å². The van der Waals surface area contributed by atoms with Gasteiger partial charge in [0.2, 0.25) is 0 Å². The van der Waals surface area contributed by atoms with Crippen LogP contribution in [0.15, 0.2) is 171 Å². The van der Waals surface area contributed by atoms with E-state index in [2.05, 4.69) is 109 Å². The zero-order chi connectivity index (χ0) is 29.4. The highest BCUT2D eigenvalue weighted by Crippen LogP contribution is 2.37. The molecule has 4 aromatic carbocycles. The fraction of sp³-hybridized carbons (Fsp3) is 0.0244. The molecule has 0 atom stereocenters. The van der Waals surface area contributed by atoms with Gasteiger partial charge in [-0.15, -0.1) is 0 Å². The summed E-state index contributed by atoms with van der Waals surface area (Å²) in [5.74, 6) is 0. The Morgan fingerprint density at radius 2 is 1.16 bits per heavy atom. The van der Waals surface area contributed by atoms with Crippen molar-refractivity contribution in [2.45, 2.75) is 6.92 Å². The third-order valence-electron chi connectivity index (χ3n) is 7.39. The van der Waals surface area contributed by atoms with Crippen LogP contribution in [0, 0.1) is 0 Å². The van der Waals surface area contributed by atoms with Crippen molar-refractivity contribution in [2.24, 2.45) is 0 Å². The van der Waals surface area contributed by atoms with E-state index in [4.69, 9.17) is 4.98 Å². The predicted molar refractivity (Wildman–Crippen MR) is 182 cm³/mol. The third kappa shape index (κ3) is 6.34. The fourth-order valence-corrected chi connectivity index (χ4v) is 5.22. The van der Waals surface area contributed by atoms with E-state index >= 15 is 0 Å². The van der Waals surface area contributed by atoms with Crippen LogP contribution in [-0.4, -0.2) is 9.97 Å². The molecule has 0 fully saturated rings. The summed E-state index contributed by atoms with van der Waals surface area (Å²) in [4.78, 5) is 9.56. The number of nitrogens with zero attached hydrogens (tertiary/aromatic N) is 2. The predicted octanol–water partition coefficient (Wildman–Crippen LogP) is 11.0. The van der Waals surface area contributed by atoms with Gasteiger partial charge in [0.25, 0.3) is 0 Å². The van der Waals surface area contributed by atoms with E-state index < -0.39 is 0 Å². The summed E-state index contributed by atoms with van der Waals surface area (Å²) in [6, 6.07) is 46.6. The van der Waals surface area contributed by atoms with Gasteiger partial charge in [0.1, 0.15) is 0 Å². The smallest absolute Gasteiger partial charge is 0.0715 e. The Labute approximate surface area is 254 Å². The summed E-state index contributed by atoms with van der Waals surface area (Å²) in [6.07, 6.45) is 9.85. The molecule has 2 heteroatoms. The van der Waals surface area contributed by atoms with Gasteiger partial charge in [-0.1, -0.05) is 128 Å². The first-order valence-corrected chi connectivity index (χ1v) is 14.5. The van der Waals surface area contributed by atoms with E-state index in [-0.39, 0.29) is 0 Å². The van der Waals surface area contributed by atoms with Crippen molar-refractivity contribution < 1.29 is 0 Å². The molecule has 0 saturated heterocycles. The summed E-state index contributed by atoms with van der Waals surface area (Å²) in [7, 11) is 0. The minimum Gasteiger partial charge on any atom is -0.256 e. The number of allylic oxidation sites excluding steroid dienone is 5. The second kappa shape index (κ2) is 12.9. The summed E-state index contributed by atoms with van der Waals surface area (Å²) in [6.45, 7) is 6.34. The molecule has 0 radical (unpaired) electrons. The van der Waals surface area contributed by atoms with E-state index in [0.717, 1.165) is 67.2 Å². The van der Waals surface area contributed by atoms with Crippen molar-refractivity contribution >= 4 is 5.57 Å². The second-order valence-corrected chi connectivity index (χ2v) is 10.3. The minimum atomic E-state index is 0.854. The van der Waals surface area contributed by atoms with Crippen LogP contribution in [0.3, 0.4) is 0 Å². The lowest BCUT2D eigenvalue weighted by atomic mass is 9.91. The standard InChI is InChI=1S/C41H32N2/c1-3-4-6-15-30(2)40-28-36(29-41(43-40)31-16-7-5-8-17-31)38-23-10-9-22-37(38)34-20-13-18-32(26-34)33-19-14-21-35(27-33)39-24-11-12-25-42-39/h3-29H,2H2,1H3/b4-3-,15-6-. The molecule has 0 aliphatic carbocycles. The molecule has 0 bridgehead atoms. The number of benzene rings is 4. The second-order valence-electron chi connectivity index (χ2n) is 10.3. The molecule has 2 nitrogen and oxygen atoms in total. The summed E-state index contributed by atoms with van der Waals surface area (Å²) in [5, 5.41) is 0. The molecule has 0 aliphatic rings. The summed E-state index contributed by atoms with van der Waals surface area (Å²) >= 11 is 0. The highest BCUT2D eigenvalue weighted by atomic mass is 14.7. The fourth-order valence-electron chi connectivity index (χ4n) is 5.22. The maximum absolute atomic E-state index is 5.02. The van der Waals surface area contributed by atoms with Crippen molar-refractivity contribution in [3.63, 3.8) is 0 Å². The van der Waals surface area contributed by atoms with Gasteiger partial charge in [-0.3, -0.25) is 4.98 Å². The number of aromatic nitrogens is 2. The number of hydrogen-bond donors (Lipinski definition) is 0. The van der Waals surface area contributed by atoms with Crippen LogP contribution in [0.1, 0.15) is 12.6 Å². The van der Waals surface area contributed by atoms with Gasteiger partial charge < -0.3 is 0 Å². The van der Waals surface area contributed by atoms with Crippen molar-refractivity contribution in [3.8, 4) is 55.9 Å². The van der Waals surface area contributed by atoms with Crippen LogP contribution in [0.2, 0.25) is 0 Å². The highest BCUT2D eigenvalue weighted by Gasteiger charge is 2.13. The topological polar surface area (TPSA) is 25.8 Å². The van der Waals surface area contributed by atoms with Gasteiger partial charge in [-0.25, -0.2) is 4.98 Å². The van der Waals surface area contributed by atoms with Crippen molar-refractivity contribution in [2.75, 3.05) is 0 Å². The van der Waals surface area contributed by atoms with Gasteiger partial charge in [0.15, 0.2) is 0 Å². The summed E-state index contributed by atoms with van der Waals surface area (Å²) in [5.41, 5.74) is 12.7. The molecule has 6 aromatic rings. The first-order chi connectivity index (χ1) is 21.2. The van der Waals surface area contributed by atoms with E-state index in [1.807, 2.05) is 73.8 Å². The van der Waals surface area contributed by atoms with Gasteiger partial charge >= 0.3 is 0 Å². The van der Waals surface area contributed by atoms with Crippen LogP contribution >= 0.6 is 0 Å². The van der Waals surface area contributed by atoms with E-state index in [1.54, 1.807) is 0 Å². The number of hydrogen-bond acceptors (Lipinski definition) is 2. The molecule has 43 heavy (non-hydrogen) atoms. The van der Waals surface area contributed by atoms with Crippen molar-refractivity contribution in [1.82, 2.24) is 9.97 Å². The molecule has 2 heterocycles. The minimum absolute atomic E-state index is 0.854.